The monoisotopic (exact) mass is 419 g/mol. The smallest absolute Gasteiger partial charge is 0.407 e. The number of benzene rings is 1. The lowest BCUT2D eigenvalue weighted by Crippen LogP contribution is -2.33. The molecule has 9 heteroatoms. The van der Waals surface area contributed by atoms with Gasteiger partial charge in [-0.1, -0.05) is 0 Å². The number of rotatable bonds is 9. The van der Waals surface area contributed by atoms with Crippen molar-refractivity contribution in [1.29, 1.82) is 0 Å². The van der Waals surface area contributed by atoms with Crippen molar-refractivity contribution >= 4 is 29.0 Å². The third-order valence-corrected chi connectivity index (χ3v) is 4.21. The van der Waals surface area contributed by atoms with E-state index in [1.807, 2.05) is 39.2 Å². The first-order chi connectivity index (χ1) is 14.0. The molecule has 2 rings (SSSR count). The number of nitrogens with zero attached hydrogens (tertiary/aromatic N) is 2. The number of ether oxygens (including phenoxy) is 2. The van der Waals surface area contributed by atoms with Crippen LogP contribution in [0.15, 0.2) is 12.1 Å². The molecule has 0 fully saturated rings. The number of alkyl carbamates (subject to hydrolysis) is 1. The number of carbonyl (C=O) groups is 2. The van der Waals surface area contributed by atoms with E-state index in [0.717, 1.165) is 18.4 Å². The number of unbranched alkanes of at least 4 members (excludes halogenated alkanes) is 1. The molecular formula is C21H33N5O4. The molecule has 9 nitrogen and oxygen atoms in total. The van der Waals surface area contributed by atoms with Gasteiger partial charge in [0.05, 0.1) is 12.6 Å². The summed E-state index contributed by atoms with van der Waals surface area (Å²) in [6, 6.07) is 3.48. The zero-order chi connectivity index (χ0) is 22.5. The summed E-state index contributed by atoms with van der Waals surface area (Å²) < 4.78 is 12.8. The van der Waals surface area contributed by atoms with Gasteiger partial charge in [-0.15, -0.1) is 0 Å². The van der Waals surface area contributed by atoms with E-state index in [1.54, 1.807) is 19.2 Å². The normalized spacial score (nSPS) is 11.6. The second-order valence-electron chi connectivity index (χ2n) is 8.43. The number of methoxy groups -OCH3 is 1. The molecule has 1 heterocycles. The quantitative estimate of drug-likeness (QED) is 0.537. The standard InChI is InChI=1S/C21H33N5O4/c1-13(2)24-19-25-15-11-14(18(22)27)12-16(29-6)17(15)26(19)10-8-7-9-23-20(28)30-21(3,4)5/h11-13H,7-10H2,1-6H3,(H2,22,27)(H,23,28)(H,24,25). The molecule has 1 aromatic carbocycles. The molecule has 0 aliphatic carbocycles. The fraction of sp³-hybridized carbons (Fsp3) is 0.571. The summed E-state index contributed by atoms with van der Waals surface area (Å²) in [5, 5.41) is 6.11. The molecule has 2 aromatic rings. The van der Waals surface area contributed by atoms with Crippen molar-refractivity contribution in [3.63, 3.8) is 0 Å². The van der Waals surface area contributed by atoms with Gasteiger partial charge in [-0.3, -0.25) is 4.79 Å². The number of imidazole rings is 1. The Labute approximate surface area is 177 Å². The number of carbonyl (C=O) groups excluding carboxylic acids is 2. The van der Waals surface area contributed by atoms with E-state index >= 15 is 0 Å². The minimum atomic E-state index is -0.531. The molecule has 0 atom stereocenters. The Kier molecular flexibility index (Phi) is 7.53. The van der Waals surface area contributed by atoms with Gasteiger partial charge in [0.2, 0.25) is 11.9 Å². The zero-order valence-corrected chi connectivity index (χ0v) is 18.7. The predicted molar refractivity (Wildman–Crippen MR) is 117 cm³/mol. The topological polar surface area (TPSA) is 121 Å². The van der Waals surface area contributed by atoms with Crippen LogP contribution in [0, 0.1) is 0 Å². The van der Waals surface area contributed by atoms with Crippen molar-refractivity contribution in [2.45, 2.75) is 65.6 Å². The molecule has 0 spiro atoms. The number of aryl methyl sites for hydroxylation is 1. The summed E-state index contributed by atoms with van der Waals surface area (Å²) in [6.07, 6.45) is 1.15. The van der Waals surface area contributed by atoms with E-state index in [-0.39, 0.29) is 6.04 Å². The molecule has 2 amide bonds. The molecular weight excluding hydrogens is 386 g/mol. The van der Waals surface area contributed by atoms with Crippen LogP contribution in [0.1, 0.15) is 57.8 Å². The average Bonchev–Trinajstić information content (AvgIpc) is 2.95. The van der Waals surface area contributed by atoms with Crippen LogP contribution in [-0.2, 0) is 11.3 Å². The van der Waals surface area contributed by atoms with Crippen LogP contribution in [0.5, 0.6) is 5.75 Å². The first-order valence-corrected chi connectivity index (χ1v) is 10.1. The summed E-state index contributed by atoms with van der Waals surface area (Å²) in [6.45, 7) is 10.7. The minimum Gasteiger partial charge on any atom is -0.494 e. The molecule has 4 N–H and O–H groups in total. The first-order valence-electron chi connectivity index (χ1n) is 10.1. The molecule has 0 aliphatic rings. The van der Waals surface area contributed by atoms with Crippen LogP contribution >= 0.6 is 0 Å². The molecule has 0 saturated heterocycles. The van der Waals surface area contributed by atoms with Crippen molar-refractivity contribution in [2.24, 2.45) is 5.73 Å². The molecule has 0 bridgehead atoms. The van der Waals surface area contributed by atoms with Crippen LogP contribution in [0.4, 0.5) is 10.7 Å². The molecule has 0 radical (unpaired) electrons. The highest BCUT2D eigenvalue weighted by Crippen LogP contribution is 2.31. The van der Waals surface area contributed by atoms with E-state index in [0.29, 0.717) is 35.9 Å². The lowest BCUT2D eigenvalue weighted by atomic mass is 10.1. The maximum Gasteiger partial charge on any atom is 0.407 e. The van der Waals surface area contributed by atoms with Gasteiger partial charge in [-0.05, 0) is 59.6 Å². The summed E-state index contributed by atoms with van der Waals surface area (Å²) in [5.41, 5.74) is 6.71. The van der Waals surface area contributed by atoms with Crippen LogP contribution in [-0.4, -0.2) is 46.8 Å². The lowest BCUT2D eigenvalue weighted by molar-refractivity contribution is 0.0526. The van der Waals surface area contributed by atoms with Crippen LogP contribution < -0.4 is 21.1 Å². The average molecular weight is 420 g/mol. The highest BCUT2D eigenvalue weighted by Gasteiger charge is 2.19. The number of anilines is 1. The largest absolute Gasteiger partial charge is 0.494 e. The van der Waals surface area contributed by atoms with Gasteiger partial charge in [0.15, 0.2) is 0 Å². The molecule has 0 aliphatic heterocycles. The zero-order valence-electron chi connectivity index (χ0n) is 18.7. The Hall–Kier alpha value is -2.97. The Bertz CT molecular complexity index is 899. The van der Waals surface area contributed by atoms with Crippen molar-refractivity contribution in [1.82, 2.24) is 14.9 Å². The lowest BCUT2D eigenvalue weighted by Gasteiger charge is -2.19. The highest BCUT2D eigenvalue weighted by molar-refractivity contribution is 5.98. The summed E-state index contributed by atoms with van der Waals surface area (Å²) >= 11 is 0. The predicted octanol–water partition coefficient (Wildman–Crippen LogP) is 3.27. The molecule has 1 aromatic heterocycles. The van der Waals surface area contributed by atoms with Crippen molar-refractivity contribution in [3.05, 3.63) is 17.7 Å². The van der Waals surface area contributed by atoms with Crippen LogP contribution in [0.25, 0.3) is 11.0 Å². The van der Waals surface area contributed by atoms with E-state index in [4.69, 9.17) is 15.2 Å². The summed E-state index contributed by atoms with van der Waals surface area (Å²) in [7, 11) is 1.55. The van der Waals surface area contributed by atoms with Crippen molar-refractivity contribution in [2.75, 3.05) is 19.0 Å². The Morgan fingerprint density at radius 2 is 1.93 bits per heavy atom. The number of hydrogen-bond donors (Lipinski definition) is 3. The number of nitrogens with one attached hydrogen (secondary N) is 2. The van der Waals surface area contributed by atoms with Crippen molar-refractivity contribution < 1.29 is 19.1 Å². The van der Waals surface area contributed by atoms with Gasteiger partial charge in [0.1, 0.15) is 16.9 Å². The highest BCUT2D eigenvalue weighted by atomic mass is 16.6. The molecule has 0 saturated carbocycles. The maximum atomic E-state index is 11.8. The fourth-order valence-electron chi connectivity index (χ4n) is 3.01. The SMILES string of the molecule is COc1cc(C(N)=O)cc2nc(NC(C)C)n(CCCCNC(=O)OC(C)(C)C)c12. The van der Waals surface area contributed by atoms with Gasteiger partial charge in [0, 0.05) is 24.7 Å². The fourth-order valence-corrected chi connectivity index (χ4v) is 3.01. The molecule has 0 unspecified atom stereocenters. The van der Waals surface area contributed by atoms with E-state index in [9.17, 15) is 9.59 Å². The minimum absolute atomic E-state index is 0.177. The van der Waals surface area contributed by atoms with E-state index in [2.05, 4.69) is 15.6 Å². The number of nitrogens with two attached hydrogens (primary N) is 1. The third-order valence-electron chi connectivity index (χ3n) is 4.21. The Morgan fingerprint density at radius 3 is 2.50 bits per heavy atom. The van der Waals surface area contributed by atoms with Crippen LogP contribution in [0.3, 0.4) is 0 Å². The van der Waals surface area contributed by atoms with Crippen LogP contribution in [0.2, 0.25) is 0 Å². The van der Waals surface area contributed by atoms with Gasteiger partial charge in [-0.2, -0.15) is 0 Å². The van der Waals surface area contributed by atoms with E-state index < -0.39 is 17.6 Å². The van der Waals surface area contributed by atoms with Crippen molar-refractivity contribution in [3.8, 4) is 5.75 Å². The second-order valence-corrected chi connectivity index (χ2v) is 8.43. The van der Waals surface area contributed by atoms with Gasteiger partial charge in [0.25, 0.3) is 0 Å². The van der Waals surface area contributed by atoms with Gasteiger partial charge >= 0.3 is 6.09 Å². The number of primary amides is 1. The Balaban J connectivity index is 2.16. The van der Waals surface area contributed by atoms with Gasteiger partial charge < -0.3 is 30.4 Å². The number of fused-ring (bicyclic) bond motifs is 1. The number of hydrogen-bond acceptors (Lipinski definition) is 6. The second kappa shape index (κ2) is 9.69. The third kappa shape index (κ3) is 6.27. The first kappa shape index (κ1) is 23.3. The number of aromatic nitrogens is 2. The molecule has 30 heavy (non-hydrogen) atoms. The summed E-state index contributed by atoms with van der Waals surface area (Å²) in [4.78, 5) is 28.0. The maximum absolute atomic E-state index is 11.8. The Morgan fingerprint density at radius 1 is 1.23 bits per heavy atom. The summed E-state index contributed by atoms with van der Waals surface area (Å²) in [5.74, 6) is 0.703. The van der Waals surface area contributed by atoms with E-state index in [1.165, 1.54) is 0 Å². The molecule has 166 valence electrons. The number of amides is 2. The van der Waals surface area contributed by atoms with Gasteiger partial charge in [-0.25, -0.2) is 9.78 Å².